The average molecular weight is 799 g/mol. The monoisotopic (exact) mass is 798 g/mol. The van der Waals surface area contributed by atoms with Gasteiger partial charge in [0.2, 0.25) is 35.4 Å². The lowest BCUT2D eigenvalue weighted by atomic mass is 9.91. The molecule has 0 spiro atoms. The predicted molar refractivity (Wildman–Crippen MR) is 204 cm³/mol. The third-order valence-electron chi connectivity index (χ3n) is 11.6. The Morgan fingerprint density at radius 2 is 1.54 bits per heavy atom. The highest BCUT2D eigenvalue weighted by molar-refractivity contribution is 5.98. The van der Waals surface area contributed by atoms with Crippen LogP contribution in [0.15, 0.2) is 30.4 Å². The second-order valence-corrected chi connectivity index (χ2v) is 16.1. The van der Waals surface area contributed by atoms with Crippen molar-refractivity contribution in [3.8, 4) is 0 Å². The maximum absolute atomic E-state index is 14.4. The Labute approximate surface area is 332 Å². The molecule has 0 bridgehead atoms. The number of benzene rings is 1. The van der Waals surface area contributed by atoms with E-state index >= 15 is 0 Å². The minimum absolute atomic E-state index is 0.0634. The summed E-state index contributed by atoms with van der Waals surface area (Å²) in [5.74, 6) is -6.46. The molecule has 1 aromatic carbocycles. The van der Waals surface area contributed by atoms with Crippen LogP contribution < -0.4 is 16.0 Å². The molecule has 5 rings (SSSR count). The van der Waals surface area contributed by atoms with Crippen LogP contribution in [0.3, 0.4) is 0 Å². The van der Waals surface area contributed by atoms with E-state index in [1.807, 2.05) is 13.0 Å². The lowest BCUT2D eigenvalue weighted by molar-refractivity contribution is -0.158. The molecule has 16 heteroatoms. The minimum Gasteiger partial charge on any atom is -0.461 e. The Bertz CT molecular complexity index is 1700. The average Bonchev–Trinajstić information content (AvgIpc) is 3.80. The van der Waals surface area contributed by atoms with Gasteiger partial charge in [0.25, 0.3) is 0 Å². The summed E-state index contributed by atoms with van der Waals surface area (Å²) >= 11 is 0. The first-order valence-electron chi connectivity index (χ1n) is 20.2. The molecule has 0 aromatic heterocycles. The second-order valence-electron chi connectivity index (χ2n) is 16.1. The predicted octanol–water partition coefficient (Wildman–Crippen LogP) is 2.53. The van der Waals surface area contributed by atoms with Gasteiger partial charge >= 0.3 is 5.97 Å². The third kappa shape index (κ3) is 11.2. The second kappa shape index (κ2) is 19.5. The SMILES string of the molecule is C[C@@H]1C[C@H]2C(=O)OC[C@H](NC(=O)[C@H](Cc3cc(F)cc(F)c3)NC(=O)/C=C/C3CCCCCCC3)C(=O)N3CCC[C@H]3C(=O)N(C)[C@@H](C)C(=O)N[C@@H](C)C(=O)N2C1. The van der Waals surface area contributed by atoms with Crippen molar-refractivity contribution in [2.45, 2.75) is 128 Å². The van der Waals surface area contributed by atoms with Gasteiger partial charge in [-0.05, 0) is 81.6 Å². The molecule has 0 radical (unpaired) electrons. The van der Waals surface area contributed by atoms with Gasteiger partial charge in [-0.3, -0.25) is 28.8 Å². The van der Waals surface area contributed by atoms with Crippen molar-refractivity contribution in [1.29, 1.82) is 0 Å². The highest BCUT2D eigenvalue weighted by Crippen LogP contribution is 2.27. The number of cyclic esters (lactones) is 1. The first kappa shape index (κ1) is 43.2. The van der Waals surface area contributed by atoms with Crippen molar-refractivity contribution < 1.29 is 47.1 Å². The van der Waals surface area contributed by atoms with Crippen molar-refractivity contribution in [2.75, 3.05) is 26.7 Å². The Morgan fingerprint density at radius 1 is 0.877 bits per heavy atom. The van der Waals surface area contributed by atoms with Crippen molar-refractivity contribution in [3.05, 3.63) is 47.5 Å². The van der Waals surface area contributed by atoms with E-state index in [1.54, 1.807) is 0 Å². The van der Waals surface area contributed by atoms with E-state index in [0.29, 0.717) is 12.5 Å². The Morgan fingerprint density at radius 3 is 2.23 bits per heavy atom. The molecule has 3 N–H and O–H groups in total. The number of esters is 1. The minimum atomic E-state index is -1.57. The fourth-order valence-corrected chi connectivity index (χ4v) is 8.25. The first-order valence-corrected chi connectivity index (χ1v) is 20.2. The lowest BCUT2D eigenvalue weighted by Crippen LogP contribution is -2.60. The number of nitrogens with zero attached hydrogens (tertiary/aromatic N) is 3. The summed E-state index contributed by atoms with van der Waals surface area (Å²) in [6.45, 7) is 4.50. The van der Waals surface area contributed by atoms with Crippen LogP contribution in [0.1, 0.15) is 90.5 Å². The molecule has 3 aliphatic heterocycles. The van der Waals surface area contributed by atoms with Crippen LogP contribution in [0.2, 0.25) is 0 Å². The normalized spacial score (nSPS) is 28.0. The molecule has 3 saturated heterocycles. The van der Waals surface area contributed by atoms with E-state index in [4.69, 9.17) is 4.74 Å². The van der Waals surface area contributed by atoms with Crippen molar-refractivity contribution in [3.63, 3.8) is 0 Å². The van der Waals surface area contributed by atoms with Crippen LogP contribution in [0.25, 0.3) is 0 Å². The number of likely N-dealkylation sites (N-methyl/N-ethyl adjacent to an activating group) is 1. The van der Waals surface area contributed by atoms with Gasteiger partial charge < -0.3 is 35.4 Å². The zero-order valence-corrected chi connectivity index (χ0v) is 33.3. The number of amides is 6. The summed E-state index contributed by atoms with van der Waals surface area (Å²) < 4.78 is 34.2. The number of rotatable bonds is 7. The number of carbonyl (C=O) groups excluding carboxylic acids is 7. The zero-order chi connectivity index (χ0) is 41.4. The lowest BCUT2D eigenvalue weighted by Gasteiger charge is -2.34. The van der Waals surface area contributed by atoms with E-state index in [-0.39, 0.29) is 49.8 Å². The fourth-order valence-electron chi connectivity index (χ4n) is 8.25. The van der Waals surface area contributed by atoms with E-state index in [1.165, 1.54) is 48.1 Å². The topological polar surface area (TPSA) is 175 Å². The van der Waals surface area contributed by atoms with Crippen molar-refractivity contribution in [1.82, 2.24) is 30.7 Å². The van der Waals surface area contributed by atoms with Crippen molar-refractivity contribution in [2.24, 2.45) is 11.8 Å². The summed E-state index contributed by atoms with van der Waals surface area (Å²) in [4.78, 5) is 99.9. The van der Waals surface area contributed by atoms with Crippen LogP contribution in [0.5, 0.6) is 0 Å². The van der Waals surface area contributed by atoms with Crippen LogP contribution in [0.4, 0.5) is 8.78 Å². The molecule has 6 amide bonds. The highest BCUT2D eigenvalue weighted by atomic mass is 19.1. The number of hydrogen-bond donors (Lipinski definition) is 3. The van der Waals surface area contributed by atoms with Gasteiger partial charge in [0.1, 0.15) is 54.5 Å². The standard InChI is InChI=1S/C41H56F2N6O8/c1-24-17-34-41(56)57-23-32(39(54)48-16-10-13-33(48)40(55)47(4)26(3)36(51)44-25(2)38(53)49(34)22-24)46-37(52)31(20-28-18-29(42)21-30(43)19-28)45-35(50)15-14-27-11-8-6-5-7-9-12-27/h14-15,18-19,21,24-27,31-34H,5-13,16-17,20,22-23H2,1-4H3,(H,44,51)(H,45,50)(H,46,52)/b15-14+/t24-,25+,26+,31+,32+,33+,34+/m1/s1. The van der Waals surface area contributed by atoms with E-state index in [0.717, 1.165) is 50.7 Å². The number of hydrogen-bond acceptors (Lipinski definition) is 8. The molecule has 4 aliphatic rings. The molecule has 1 aliphatic carbocycles. The summed E-state index contributed by atoms with van der Waals surface area (Å²) in [5, 5.41) is 7.89. The number of nitrogens with one attached hydrogen (secondary N) is 3. The van der Waals surface area contributed by atoms with E-state index in [9.17, 15) is 42.3 Å². The molecule has 7 atom stereocenters. The van der Waals surface area contributed by atoms with Gasteiger partial charge in [-0.15, -0.1) is 0 Å². The van der Waals surface area contributed by atoms with Gasteiger partial charge in [-0.1, -0.05) is 45.1 Å². The molecule has 312 valence electrons. The van der Waals surface area contributed by atoms with Gasteiger partial charge in [0.05, 0.1) is 0 Å². The van der Waals surface area contributed by atoms with Gasteiger partial charge in [-0.2, -0.15) is 0 Å². The van der Waals surface area contributed by atoms with E-state index in [2.05, 4.69) is 16.0 Å². The number of allylic oxidation sites excluding steroid dienone is 1. The molecular formula is C41H56F2N6O8. The summed E-state index contributed by atoms with van der Waals surface area (Å²) in [5.41, 5.74) is 0.0634. The van der Waals surface area contributed by atoms with Crippen LogP contribution >= 0.6 is 0 Å². The molecular weight excluding hydrogens is 742 g/mol. The molecule has 57 heavy (non-hydrogen) atoms. The molecule has 1 saturated carbocycles. The molecule has 4 fully saturated rings. The van der Waals surface area contributed by atoms with Crippen molar-refractivity contribution >= 4 is 41.4 Å². The number of halogens is 2. The van der Waals surface area contributed by atoms with Gasteiger partial charge in [-0.25, -0.2) is 13.6 Å². The Balaban J connectivity index is 1.44. The summed E-state index contributed by atoms with van der Waals surface area (Å²) in [7, 11) is 1.43. The molecule has 0 unspecified atom stereocenters. The van der Waals surface area contributed by atoms with Gasteiger partial charge in [0.15, 0.2) is 0 Å². The largest absolute Gasteiger partial charge is 0.461 e. The maximum Gasteiger partial charge on any atom is 0.328 e. The van der Waals surface area contributed by atoms with Crippen LogP contribution in [-0.4, -0.2) is 119 Å². The number of fused-ring (bicyclic) bond motifs is 2. The quantitative estimate of drug-likeness (QED) is 0.279. The van der Waals surface area contributed by atoms with Gasteiger partial charge in [0, 0.05) is 32.6 Å². The number of carbonyl (C=O) groups is 7. The Hall–Kier alpha value is -4.89. The first-order chi connectivity index (χ1) is 27.1. The highest BCUT2D eigenvalue weighted by Gasteiger charge is 2.44. The fraction of sp³-hybridized carbons (Fsp3) is 0.634. The maximum atomic E-state index is 14.4. The molecule has 14 nitrogen and oxygen atoms in total. The Kier molecular flexibility index (Phi) is 14.8. The van der Waals surface area contributed by atoms with E-state index < -0.39 is 95.9 Å². The summed E-state index contributed by atoms with van der Waals surface area (Å²) in [6, 6.07) is -4.35. The summed E-state index contributed by atoms with van der Waals surface area (Å²) in [6.07, 6.45) is 11.1. The zero-order valence-electron chi connectivity index (χ0n) is 33.3. The molecule has 1 aromatic rings. The van der Waals surface area contributed by atoms with Crippen LogP contribution in [-0.2, 0) is 44.7 Å². The third-order valence-corrected chi connectivity index (χ3v) is 11.6. The molecule has 3 heterocycles. The number of ether oxygens (including phenoxy) is 1. The van der Waals surface area contributed by atoms with Crippen LogP contribution in [0, 0.1) is 23.5 Å². The smallest absolute Gasteiger partial charge is 0.328 e.